The number of carbonyl (C=O) groups excluding carboxylic acids is 1. The monoisotopic (exact) mass is 590 g/mol. The topological polar surface area (TPSA) is 115 Å². The van der Waals surface area contributed by atoms with Crippen LogP contribution in [0.4, 0.5) is 18.9 Å². The highest BCUT2D eigenvalue weighted by Crippen LogP contribution is 2.42. The Balaban J connectivity index is 1.37. The first-order valence-corrected chi connectivity index (χ1v) is 13.4. The van der Waals surface area contributed by atoms with E-state index in [2.05, 4.69) is 15.2 Å². The number of carboxylic acid groups (broad SMARTS) is 1. The molecule has 3 aromatic heterocycles. The summed E-state index contributed by atoms with van der Waals surface area (Å²) >= 11 is 0. The van der Waals surface area contributed by atoms with Gasteiger partial charge in [-0.25, -0.2) is 19.0 Å². The number of aromatic carboxylic acids is 1. The molecule has 1 aliphatic carbocycles. The van der Waals surface area contributed by atoms with Crippen LogP contribution in [0.5, 0.6) is 5.75 Å². The van der Waals surface area contributed by atoms with Gasteiger partial charge < -0.3 is 14.7 Å². The number of fused-ring (bicyclic) bond motifs is 2. The number of amides is 1. The summed E-state index contributed by atoms with van der Waals surface area (Å²) in [5.41, 5.74) is 1.70. The average Bonchev–Trinajstić information content (AvgIpc) is 3.57. The van der Waals surface area contributed by atoms with Crippen LogP contribution in [0.2, 0.25) is 0 Å². The van der Waals surface area contributed by atoms with E-state index >= 15 is 0 Å². The molecule has 0 aliphatic heterocycles. The number of hydrogen-bond acceptors (Lipinski definition) is 6. The van der Waals surface area contributed by atoms with Crippen LogP contribution in [-0.2, 0) is 12.6 Å². The first-order chi connectivity index (χ1) is 20.5. The van der Waals surface area contributed by atoms with Gasteiger partial charge in [0.2, 0.25) is 0 Å². The number of carboxylic acids is 1. The second-order valence-corrected chi connectivity index (χ2v) is 10.3. The van der Waals surface area contributed by atoms with Crippen molar-refractivity contribution in [3.63, 3.8) is 0 Å². The number of halogens is 3. The second kappa shape index (κ2) is 10.6. The van der Waals surface area contributed by atoms with E-state index in [0.717, 1.165) is 5.69 Å². The number of hydrogen-bond donors (Lipinski definition) is 1. The molecule has 1 unspecified atom stereocenters. The number of benzene rings is 2. The second-order valence-electron chi connectivity index (χ2n) is 10.3. The number of ether oxygens (including phenoxy) is 1. The molecule has 0 spiro atoms. The lowest BCUT2D eigenvalue weighted by molar-refractivity contribution is -0.142. The number of carbonyl (C=O) groups is 2. The van der Waals surface area contributed by atoms with Crippen LogP contribution < -0.4 is 9.64 Å². The fourth-order valence-electron chi connectivity index (χ4n) is 5.26. The van der Waals surface area contributed by atoms with Crippen LogP contribution in [0, 0.1) is 6.92 Å². The van der Waals surface area contributed by atoms with Gasteiger partial charge in [0.1, 0.15) is 11.9 Å². The summed E-state index contributed by atoms with van der Waals surface area (Å²) in [7, 11) is 1.57. The van der Waals surface area contributed by atoms with Crippen molar-refractivity contribution in [1.29, 1.82) is 0 Å². The fraction of sp³-hybridized carbons (Fsp3) is 0.233. The van der Waals surface area contributed by atoms with Gasteiger partial charge in [-0.1, -0.05) is 6.07 Å². The lowest BCUT2D eigenvalue weighted by Gasteiger charge is -2.26. The molecule has 0 radical (unpaired) electrons. The van der Waals surface area contributed by atoms with Crippen molar-refractivity contribution in [2.75, 3.05) is 11.9 Å². The Morgan fingerprint density at radius 2 is 1.84 bits per heavy atom. The molecule has 1 aliphatic rings. The molecule has 43 heavy (non-hydrogen) atoms. The van der Waals surface area contributed by atoms with Crippen molar-refractivity contribution in [1.82, 2.24) is 24.4 Å². The molecule has 220 valence electrons. The summed E-state index contributed by atoms with van der Waals surface area (Å²) in [6.07, 6.45) is -1.27. The summed E-state index contributed by atoms with van der Waals surface area (Å²) in [5.74, 6) is -1.20. The van der Waals surface area contributed by atoms with Gasteiger partial charge in [-0.2, -0.15) is 23.4 Å². The SMILES string of the molecule is Cc1cc2ncc(N(C)C(=O)c3cccc(-n4nc(C(F)(F)F)c5c4C(Oc4ccc(C(=O)O)cc4)CCC5)c3)cn2n1. The van der Waals surface area contributed by atoms with Crippen molar-refractivity contribution in [2.24, 2.45) is 0 Å². The molecule has 0 saturated heterocycles. The molecule has 13 heteroatoms. The summed E-state index contributed by atoms with van der Waals surface area (Å²) in [4.78, 5) is 30.4. The van der Waals surface area contributed by atoms with Gasteiger partial charge in [0.05, 0.1) is 40.7 Å². The maximum atomic E-state index is 14.1. The number of alkyl halides is 3. The lowest BCUT2D eigenvalue weighted by Crippen LogP contribution is -2.27. The zero-order chi connectivity index (χ0) is 30.5. The third-order valence-electron chi connectivity index (χ3n) is 7.32. The molecule has 0 fully saturated rings. The molecule has 1 N–H and O–H groups in total. The van der Waals surface area contributed by atoms with Gasteiger partial charge in [0.15, 0.2) is 11.3 Å². The molecule has 6 rings (SSSR count). The molecular weight excluding hydrogens is 565 g/mol. The Kier molecular flexibility index (Phi) is 6.87. The van der Waals surface area contributed by atoms with Gasteiger partial charge in [-0.05, 0) is 68.7 Å². The largest absolute Gasteiger partial charge is 0.484 e. The van der Waals surface area contributed by atoms with E-state index in [9.17, 15) is 27.9 Å². The predicted octanol–water partition coefficient (Wildman–Crippen LogP) is 5.67. The minimum atomic E-state index is -4.70. The number of aromatic nitrogens is 5. The zero-order valence-electron chi connectivity index (χ0n) is 23.0. The van der Waals surface area contributed by atoms with Gasteiger partial charge in [-0.3, -0.25) is 4.79 Å². The maximum absolute atomic E-state index is 14.1. The van der Waals surface area contributed by atoms with Crippen LogP contribution in [-0.4, -0.2) is 48.4 Å². The summed E-state index contributed by atoms with van der Waals surface area (Å²) < 4.78 is 51.3. The number of anilines is 1. The highest BCUT2D eigenvalue weighted by molar-refractivity contribution is 6.05. The average molecular weight is 591 g/mol. The molecule has 3 heterocycles. The van der Waals surface area contributed by atoms with Crippen LogP contribution >= 0.6 is 0 Å². The van der Waals surface area contributed by atoms with Crippen LogP contribution in [0.3, 0.4) is 0 Å². The smallest absolute Gasteiger partial charge is 0.435 e. The molecule has 2 aromatic carbocycles. The molecule has 5 aromatic rings. The lowest BCUT2D eigenvalue weighted by atomic mass is 9.92. The fourth-order valence-corrected chi connectivity index (χ4v) is 5.26. The minimum Gasteiger partial charge on any atom is -0.484 e. The molecule has 10 nitrogen and oxygen atoms in total. The molecular formula is C30H25F3N6O4. The first kappa shape index (κ1) is 27.9. The van der Waals surface area contributed by atoms with Crippen LogP contribution in [0.15, 0.2) is 67.0 Å². The van der Waals surface area contributed by atoms with E-state index in [1.165, 1.54) is 39.9 Å². The van der Waals surface area contributed by atoms with Crippen molar-refractivity contribution in [2.45, 2.75) is 38.5 Å². The Hall–Kier alpha value is -5.20. The van der Waals surface area contributed by atoms with Gasteiger partial charge in [0.25, 0.3) is 5.91 Å². The maximum Gasteiger partial charge on any atom is 0.435 e. The Labute approximate surface area is 243 Å². The number of nitrogens with zero attached hydrogens (tertiary/aromatic N) is 6. The first-order valence-electron chi connectivity index (χ1n) is 13.4. The zero-order valence-corrected chi connectivity index (χ0v) is 23.0. The Bertz CT molecular complexity index is 1860. The van der Waals surface area contributed by atoms with Crippen molar-refractivity contribution in [3.8, 4) is 11.4 Å². The Morgan fingerprint density at radius 1 is 1.07 bits per heavy atom. The van der Waals surface area contributed by atoms with Gasteiger partial charge >= 0.3 is 12.1 Å². The summed E-state index contributed by atoms with van der Waals surface area (Å²) in [6, 6.07) is 13.7. The predicted molar refractivity (Wildman–Crippen MR) is 149 cm³/mol. The molecule has 0 saturated carbocycles. The van der Waals surface area contributed by atoms with E-state index in [1.807, 2.05) is 6.92 Å². The van der Waals surface area contributed by atoms with E-state index in [4.69, 9.17) is 4.74 Å². The van der Waals surface area contributed by atoms with E-state index in [-0.39, 0.29) is 34.5 Å². The van der Waals surface area contributed by atoms with E-state index in [1.54, 1.807) is 48.2 Å². The highest BCUT2D eigenvalue weighted by atomic mass is 19.4. The van der Waals surface area contributed by atoms with Crippen molar-refractivity contribution in [3.05, 3.63) is 101 Å². The summed E-state index contributed by atoms with van der Waals surface area (Å²) in [6.45, 7) is 1.83. The summed E-state index contributed by atoms with van der Waals surface area (Å²) in [5, 5.41) is 17.5. The molecule has 1 atom stereocenters. The minimum absolute atomic E-state index is 0.0358. The Morgan fingerprint density at radius 3 is 2.56 bits per heavy atom. The normalized spacial score (nSPS) is 14.9. The van der Waals surface area contributed by atoms with E-state index in [0.29, 0.717) is 29.9 Å². The van der Waals surface area contributed by atoms with E-state index < -0.39 is 29.9 Å². The molecule has 0 bridgehead atoms. The van der Waals surface area contributed by atoms with Crippen molar-refractivity contribution >= 4 is 23.2 Å². The highest BCUT2D eigenvalue weighted by Gasteiger charge is 2.42. The van der Waals surface area contributed by atoms with Gasteiger partial charge in [-0.15, -0.1) is 0 Å². The third-order valence-corrected chi connectivity index (χ3v) is 7.32. The standard InChI is InChI=1S/C30H25F3N6O4/c1-17-13-25-34-15-21(16-38(25)35-17)37(2)28(40)19-5-3-6-20(14-19)39-26-23(27(36-39)30(31,32)33)7-4-8-24(26)43-22-11-9-18(10-12-22)29(41)42/h3,5-6,9-16,24H,4,7-8H2,1-2H3,(H,41,42). The third kappa shape index (κ3) is 5.29. The van der Waals surface area contributed by atoms with Gasteiger partial charge in [0, 0.05) is 24.2 Å². The van der Waals surface area contributed by atoms with Crippen molar-refractivity contribution < 1.29 is 32.6 Å². The van der Waals surface area contributed by atoms with Crippen LogP contribution in [0.1, 0.15) is 62.3 Å². The van der Waals surface area contributed by atoms with Crippen LogP contribution in [0.25, 0.3) is 11.3 Å². The number of rotatable bonds is 6. The molecule has 1 amide bonds. The number of aryl methyl sites for hydroxylation is 1. The quantitative estimate of drug-likeness (QED) is 0.271.